The van der Waals surface area contributed by atoms with Crippen LogP contribution < -0.4 is 0 Å². The lowest BCUT2D eigenvalue weighted by Crippen LogP contribution is -2.37. The van der Waals surface area contributed by atoms with Crippen LogP contribution in [0.4, 0.5) is 0 Å². The van der Waals surface area contributed by atoms with Crippen LogP contribution in [-0.4, -0.2) is 47.5 Å². The van der Waals surface area contributed by atoms with Gasteiger partial charge in [0.05, 0.1) is 0 Å². The number of likely N-dealkylation sites (tertiary alicyclic amines) is 2. The first-order chi connectivity index (χ1) is 29.1. The average molecular weight is 869 g/mol. The predicted molar refractivity (Wildman–Crippen MR) is 251 cm³/mol. The molecule has 2 heterocycles. The summed E-state index contributed by atoms with van der Waals surface area (Å²) in [7, 11) is 0. The molecule has 2 aliphatic rings. The Labute approximate surface area is 372 Å². The second-order valence-electron chi connectivity index (χ2n) is 14.8. The van der Waals surface area contributed by atoms with E-state index in [0.717, 1.165) is 57.6 Å². The Hall–Kier alpha value is -5.30. The van der Waals surface area contributed by atoms with Gasteiger partial charge in [-0.3, -0.25) is 19.4 Å². The minimum absolute atomic E-state index is 0.0872. The van der Waals surface area contributed by atoms with Crippen molar-refractivity contribution in [2.75, 3.05) is 26.2 Å². The summed E-state index contributed by atoms with van der Waals surface area (Å²) < 4.78 is 0. The molecule has 4 nitrogen and oxygen atoms in total. The number of nitrogens with zero attached hydrogens (tertiary/aromatic N) is 2. The van der Waals surface area contributed by atoms with Gasteiger partial charge >= 0.3 is 0 Å². The van der Waals surface area contributed by atoms with Gasteiger partial charge in [0, 0.05) is 81.7 Å². The number of rotatable bonds is 8. The number of hydrogen-bond acceptors (Lipinski definition) is 4. The maximum atomic E-state index is 13.3. The van der Waals surface area contributed by atoms with E-state index in [-0.39, 0.29) is 11.6 Å². The number of hydrogen-bond donors (Lipinski definition) is 0. The summed E-state index contributed by atoms with van der Waals surface area (Å²) in [5.41, 5.74) is 9.43. The quantitative estimate of drug-likeness (QED) is 0.143. The number of carbonyl (C=O) groups is 2. The summed E-state index contributed by atoms with van der Waals surface area (Å²) in [6.07, 6.45) is 7.86. The number of benzene rings is 6. The number of piperidine rings is 2. The first kappa shape index (κ1) is 42.8. The molecule has 6 aromatic rings. The van der Waals surface area contributed by atoms with E-state index in [1.54, 1.807) is 0 Å². The van der Waals surface area contributed by atoms with E-state index in [0.29, 0.717) is 46.3 Å². The molecule has 60 heavy (non-hydrogen) atoms. The zero-order valence-corrected chi connectivity index (χ0v) is 35.8. The van der Waals surface area contributed by atoms with Crippen molar-refractivity contribution in [1.29, 1.82) is 0 Å². The summed E-state index contributed by atoms with van der Waals surface area (Å²) in [4.78, 5) is 31.1. The number of ketones is 2. The third-order valence-electron chi connectivity index (χ3n) is 10.1. The molecule has 0 radical (unpaired) electrons. The first-order valence-corrected chi connectivity index (χ1v) is 21.1. The Bertz CT molecular complexity index is 2210. The summed E-state index contributed by atoms with van der Waals surface area (Å²) in [6.45, 7) is 3.99. The molecule has 0 aliphatic carbocycles. The molecule has 0 saturated carbocycles. The first-order valence-electron chi connectivity index (χ1n) is 19.6. The molecule has 0 atom stereocenters. The molecule has 0 unspecified atom stereocenters. The van der Waals surface area contributed by atoms with Crippen LogP contribution in [0, 0.1) is 0 Å². The van der Waals surface area contributed by atoms with Crippen LogP contribution >= 0.6 is 46.4 Å². The molecule has 0 aromatic heterocycles. The van der Waals surface area contributed by atoms with Crippen molar-refractivity contribution in [3.63, 3.8) is 0 Å². The van der Waals surface area contributed by atoms with Crippen molar-refractivity contribution in [2.45, 2.75) is 13.1 Å². The van der Waals surface area contributed by atoms with Crippen LogP contribution in [0.25, 0.3) is 24.3 Å². The third-order valence-corrected chi connectivity index (χ3v) is 11.1. The van der Waals surface area contributed by atoms with Crippen LogP contribution in [0.2, 0.25) is 20.1 Å². The van der Waals surface area contributed by atoms with E-state index >= 15 is 0 Å². The van der Waals surface area contributed by atoms with Crippen LogP contribution in [0.3, 0.4) is 0 Å². The number of carbonyl (C=O) groups excluding carboxylic acids is 2. The fourth-order valence-electron chi connectivity index (χ4n) is 7.17. The van der Waals surface area contributed by atoms with Gasteiger partial charge in [0.2, 0.25) is 0 Å². The SMILES string of the molecule is O=C1/C(=C/c2ccc(Cl)cc2)CN(Cc2ccccc2)C/C1=C\c1ccc(Cl)cc1.O=C1/C(=C/c2ccc(Cl)cc2)CN(Cc2ccccc2)C/C1=C\c1ccc(Cl)cc1. The van der Waals surface area contributed by atoms with E-state index in [4.69, 9.17) is 46.4 Å². The molecule has 0 amide bonds. The average Bonchev–Trinajstić information content (AvgIpc) is 3.25. The normalized spacial score (nSPS) is 17.6. The highest BCUT2D eigenvalue weighted by Crippen LogP contribution is 2.27. The van der Waals surface area contributed by atoms with Gasteiger partial charge in [-0.05, 0) is 106 Å². The molecule has 2 saturated heterocycles. The predicted octanol–water partition coefficient (Wildman–Crippen LogP) is 13.1. The highest BCUT2D eigenvalue weighted by atomic mass is 35.5. The van der Waals surface area contributed by atoms with Crippen LogP contribution in [0.5, 0.6) is 0 Å². The second kappa shape index (κ2) is 20.8. The van der Waals surface area contributed by atoms with E-state index in [1.165, 1.54) is 11.1 Å². The standard InChI is InChI=1S/2C26H21Cl2NO/c2*27-24-10-6-19(7-11-24)14-22-17-29(16-21-4-2-1-3-5-21)18-23(26(22)30)15-20-8-12-25(28)13-9-20/h2*1-15H,16-18H2/b2*22-14+,23-15+. The van der Waals surface area contributed by atoms with Crippen LogP contribution in [0.1, 0.15) is 33.4 Å². The highest BCUT2D eigenvalue weighted by Gasteiger charge is 2.27. The van der Waals surface area contributed by atoms with Crippen molar-refractivity contribution in [3.05, 3.63) is 233 Å². The van der Waals surface area contributed by atoms with Gasteiger partial charge in [-0.25, -0.2) is 0 Å². The van der Waals surface area contributed by atoms with E-state index < -0.39 is 0 Å². The van der Waals surface area contributed by atoms with Crippen molar-refractivity contribution in [1.82, 2.24) is 9.80 Å². The van der Waals surface area contributed by atoms with E-state index in [2.05, 4.69) is 34.1 Å². The third kappa shape index (κ3) is 12.4. The minimum atomic E-state index is 0.0872. The molecule has 8 heteroatoms. The minimum Gasteiger partial charge on any atom is -0.290 e. The molecule has 0 N–H and O–H groups in total. The van der Waals surface area contributed by atoms with Crippen molar-refractivity contribution >= 4 is 82.3 Å². The lowest BCUT2D eigenvalue weighted by molar-refractivity contribution is -0.114. The van der Waals surface area contributed by atoms with Gasteiger partial charge in [-0.2, -0.15) is 0 Å². The van der Waals surface area contributed by atoms with E-state index in [9.17, 15) is 9.59 Å². The Morgan fingerprint density at radius 2 is 0.583 bits per heavy atom. The zero-order chi connectivity index (χ0) is 41.8. The van der Waals surface area contributed by atoms with Gasteiger partial charge in [-0.1, -0.05) is 156 Å². The lowest BCUT2D eigenvalue weighted by atomic mass is 9.94. The molecule has 8 rings (SSSR count). The fraction of sp³-hybridized carbons (Fsp3) is 0.115. The Morgan fingerprint density at radius 3 is 0.817 bits per heavy atom. The Morgan fingerprint density at radius 1 is 0.350 bits per heavy atom. The van der Waals surface area contributed by atoms with Crippen molar-refractivity contribution < 1.29 is 9.59 Å². The maximum Gasteiger partial charge on any atom is 0.187 e. The smallest absolute Gasteiger partial charge is 0.187 e. The number of halogens is 4. The Balaban J connectivity index is 0.000000181. The zero-order valence-electron chi connectivity index (χ0n) is 32.8. The molecular weight excluding hydrogens is 826 g/mol. The van der Waals surface area contributed by atoms with Gasteiger partial charge in [0.1, 0.15) is 0 Å². The summed E-state index contributed by atoms with van der Waals surface area (Å²) >= 11 is 24.0. The largest absolute Gasteiger partial charge is 0.290 e. The summed E-state index contributed by atoms with van der Waals surface area (Å²) in [5, 5.41) is 2.73. The molecule has 0 bridgehead atoms. The van der Waals surface area contributed by atoms with Gasteiger partial charge in [0.15, 0.2) is 11.6 Å². The fourth-order valence-corrected chi connectivity index (χ4v) is 7.67. The van der Waals surface area contributed by atoms with Crippen molar-refractivity contribution in [2.24, 2.45) is 0 Å². The molecule has 0 spiro atoms. The second-order valence-corrected chi connectivity index (χ2v) is 16.6. The van der Waals surface area contributed by atoms with Crippen molar-refractivity contribution in [3.8, 4) is 0 Å². The van der Waals surface area contributed by atoms with E-state index in [1.807, 2.05) is 158 Å². The topological polar surface area (TPSA) is 40.6 Å². The Kier molecular flexibility index (Phi) is 14.8. The summed E-state index contributed by atoms with van der Waals surface area (Å²) in [6, 6.07) is 50.8. The van der Waals surface area contributed by atoms with Gasteiger partial charge in [0.25, 0.3) is 0 Å². The molecule has 2 aliphatic heterocycles. The summed E-state index contributed by atoms with van der Waals surface area (Å²) in [5.74, 6) is 0.174. The van der Waals surface area contributed by atoms with Crippen LogP contribution in [0.15, 0.2) is 180 Å². The number of Topliss-reactive ketones (excluding diaryl/α,β-unsaturated/α-hetero) is 2. The molecule has 6 aromatic carbocycles. The van der Waals surface area contributed by atoms with Gasteiger partial charge in [-0.15, -0.1) is 0 Å². The monoisotopic (exact) mass is 866 g/mol. The molecule has 2 fully saturated rings. The molecular formula is C52H42Cl4N2O2. The molecule has 300 valence electrons. The van der Waals surface area contributed by atoms with Crippen LogP contribution in [-0.2, 0) is 22.7 Å². The highest BCUT2D eigenvalue weighted by molar-refractivity contribution is 6.31. The lowest BCUT2D eigenvalue weighted by Gasteiger charge is -2.30. The van der Waals surface area contributed by atoms with Gasteiger partial charge < -0.3 is 0 Å². The maximum absolute atomic E-state index is 13.3.